The zero-order chi connectivity index (χ0) is 11.7. The topological polar surface area (TPSA) is 37.9 Å². The highest BCUT2D eigenvalue weighted by Gasteiger charge is 2.15. The van der Waals surface area contributed by atoms with E-state index in [9.17, 15) is 0 Å². The van der Waals surface area contributed by atoms with Crippen molar-refractivity contribution < 1.29 is 4.74 Å². The van der Waals surface area contributed by atoms with E-state index < -0.39 is 0 Å². The maximum absolute atomic E-state index is 5.27. The molecule has 1 N–H and O–H groups in total. The van der Waals surface area contributed by atoms with E-state index in [-0.39, 0.29) is 0 Å². The number of aromatic amines is 1. The highest BCUT2D eigenvalue weighted by molar-refractivity contribution is 5.81. The van der Waals surface area contributed by atoms with Crippen molar-refractivity contribution in [2.24, 2.45) is 0 Å². The van der Waals surface area contributed by atoms with E-state index in [0.29, 0.717) is 0 Å². The highest BCUT2D eigenvalue weighted by atomic mass is 16.5. The van der Waals surface area contributed by atoms with Gasteiger partial charge in [-0.05, 0) is 36.1 Å². The molecule has 1 aliphatic rings. The Hall–Kier alpha value is -2.03. The Morgan fingerprint density at radius 3 is 3.06 bits per heavy atom. The lowest BCUT2D eigenvalue weighted by molar-refractivity contribution is 0.414. The molecule has 1 aliphatic carbocycles. The Bertz CT molecular complexity index is 556. The molecule has 0 spiro atoms. The molecule has 0 atom stereocenters. The molecule has 17 heavy (non-hydrogen) atoms. The van der Waals surface area contributed by atoms with Gasteiger partial charge in [0.05, 0.1) is 25.3 Å². The fourth-order valence-corrected chi connectivity index (χ4v) is 2.31. The fraction of sp³-hybridized carbons (Fsp3) is 0.214. The Balaban J connectivity index is 2.08. The van der Waals surface area contributed by atoms with Gasteiger partial charge < -0.3 is 9.72 Å². The molecule has 86 valence electrons. The molecule has 0 saturated carbocycles. The summed E-state index contributed by atoms with van der Waals surface area (Å²) in [7, 11) is 1.70. The molecule has 0 bridgehead atoms. The van der Waals surface area contributed by atoms with E-state index in [2.05, 4.69) is 28.2 Å². The van der Waals surface area contributed by atoms with Crippen LogP contribution in [0.15, 0.2) is 36.8 Å². The number of benzene rings is 1. The largest absolute Gasteiger partial charge is 0.497 e. The summed E-state index contributed by atoms with van der Waals surface area (Å²) < 4.78 is 5.27. The SMILES string of the molecule is COc1ccc2c(c1)CCC=C2c1cnc[nH]1. The van der Waals surface area contributed by atoms with Crippen LogP contribution in [-0.2, 0) is 6.42 Å². The molecule has 2 aromatic rings. The van der Waals surface area contributed by atoms with Crippen LogP contribution >= 0.6 is 0 Å². The molecule has 1 aromatic carbocycles. The third-order valence-corrected chi connectivity index (χ3v) is 3.15. The average molecular weight is 226 g/mol. The van der Waals surface area contributed by atoms with Crippen molar-refractivity contribution in [3.05, 3.63) is 53.6 Å². The first-order valence-electron chi connectivity index (χ1n) is 5.74. The smallest absolute Gasteiger partial charge is 0.119 e. The third kappa shape index (κ3) is 1.73. The molecule has 3 nitrogen and oxygen atoms in total. The predicted molar refractivity (Wildman–Crippen MR) is 67.0 cm³/mol. The Kier molecular flexibility index (Phi) is 2.44. The maximum atomic E-state index is 5.27. The van der Waals surface area contributed by atoms with Crippen LogP contribution in [0, 0.1) is 0 Å². The number of rotatable bonds is 2. The molecule has 0 radical (unpaired) electrons. The molecule has 0 saturated heterocycles. The number of aromatic nitrogens is 2. The Labute approximate surface area is 100 Å². The van der Waals surface area contributed by atoms with Crippen LogP contribution < -0.4 is 4.74 Å². The average Bonchev–Trinajstić information content (AvgIpc) is 2.91. The van der Waals surface area contributed by atoms with Gasteiger partial charge in [-0.15, -0.1) is 0 Å². The fourth-order valence-electron chi connectivity index (χ4n) is 2.31. The number of fused-ring (bicyclic) bond motifs is 1. The third-order valence-electron chi connectivity index (χ3n) is 3.15. The minimum absolute atomic E-state index is 0.926. The number of hydrogen-bond donors (Lipinski definition) is 1. The molecule has 1 heterocycles. The van der Waals surface area contributed by atoms with E-state index in [4.69, 9.17) is 4.74 Å². The van der Waals surface area contributed by atoms with Crippen molar-refractivity contribution in [2.75, 3.05) is 7.11 Å². The van der Waals surface area contributed by atoms with Crippen LogP contribution in [0.5, 0.6) is 5.75 Å². The lowest BCUT2D eigenvalue weighted by Gasteiger charge is -2.17. The number of H-pyrrole nitrogens is 1. The quantitative estimate of drug-likeness (QED) is 0.855. The van der Waals surface area contributed by atoms with Gasteiger partial charge in [0.2, 0.25) is 0 Å². The van der Waals surface area contributed by atoms with Gasteiger partial charge in [-0.3, -0.25) is 0 Å². The number of aryl methyl sites for hydroxylation is 1. The zero-order valence-electron chi connectivity index (χ0n) is 9.73. The molecule has 0 amide bonds. The predicted octanol–water partition coefficient (Wildman–Crippen LogP) is 2.80. The molecule has 0 aliphatic heterocycles. The van der Waals surface area contributed by atoms with E-state index in [1.54, 1.807) is 13.4 Å². The van der Waals surface area contributed by atoms with E-state index >= 15 is 0 Å². The number of methoxy groups -OCH3 is 1. The summed E-state index contributed by atoms with van der Waals surface area (Å²) in [6, 6.07) is 6.26. The van der Waals surface area contributed by atoms with Crippen LogP contribution in [0.25, 0.3) is 5.57 Å². The second-order valence-corrected chi connectivity index (χ2v) is 4.14. The van der Waals surface area contributed by atoms with Crippen LogP contribution in [0.4, 0.5) is 0 Å². The van der Waals surface area contributed by atoms with Crippen molar-refractivity contribution in [3.8, 4) is 5.75 Å². The molecule has 0 unspecified atom stereocenters. The first kappa shape index (κ1) is 10.1. The van der Waals surface area contributed by atoms with Crippen LogP contribution in [-0.4, -0.2) is 17.1 Å². The first-order valence-corrected chi connectivity index (χ1v) is 5.74. The summed E-state index contributed by atoms with van der Waals surface area (Å²) >= 11 is 0. The van der Waals surface area contributed by atoms with E-state index in [1.807, 2.05) is 12.3 Å². The van der Waals surface area contributed by atoms with Gasteiger partial charge in [-0.1, -0.05) is 12.1 Å². The molecule has 1 aromatic heterocycles. The normalized spacial score (nSPS) is 14.1. The summed E-state index contributed by atoms with van der Waals surface area (Å²) in [6.45, 7) is 0. The molecule has 3 rings (SSSR count). The molecular formula is C14H14N2O. The number of hydrogen-bond acceptors (Lipinski definition) is 2. The summed E-state index contributed by atoms with van der Waals surface area (Å²) in [5.74, 6) is 0.926. The summed E-state index contributed by atoms with van der Waals surface area (Å²) in [4.78, 5) is 7.25. The second-order valence-electron chi connectivity index (χ2n) is 4.14. The monoisotopic (exact) mass is 226 g/mol. The summed E-state index contributed by atoms with van der Waals surface area (Å²) in [6.07, 6.45) is 7.99. The van der Waals surface area contributed by atoms with Crippen LogP contribution in [0.1, 0.15) is 23.2 Å². The van der Waals surface area contributed by atoms with Crippen molar-refractivity contribution in [1.29, 1.82) is 0 Å². The van der Waals surface area contributed by atoms with Gasteiger partial charge in [0.15, 0.2) is 0 Å². The van der Waals surface area contributed by atoms with Gasteiger partial charge in [-0.25, -0.2) is 4.98 Å². The lowest BCUT2D eigenvalue weighted by atomic mass is 9.89. The zero-order valence-corrected chi connectivity index (χ0v) is 9.73. The van der Waals surface area contributed by atoms with Gasteiger partial charge in [-0.2, -0.15) is 0 Å². The van der Waals surface area contributed by atoms with E-state index in [0.717, 1.165) is 24.3 Å². The molecule has 3 heteroatoms. The lowest BCUT2D eigenvalue weighted by Crippen LogP contribution is -2.01. The van der Waals surface area contributed by atoms with Crippen LogP contribution in [0.2, 0.25) is 0 Å². The van der Waals surface area contributed by atoms with Gasteiger partial charge in [0.1, 0.15) is 5.75 Å². The van der Waals surface area contributed by atoms with Gasteiger partial charge in [0.25, 0.3) is 0 Å². The highest BCUT2D eigenvalue weighted by Crippen LogP contribution is 2.32. The van der Waals surface area contributed by atoms with Crippen molar-refractivity contribution >= 4 is 5.57 Å². The minimum atomic E-state index is 0.926. The number of nitrogens with zero attached hydrogens (tertiary/aromatic N) is 1. The first-order chi connectivity index (χ1) is 8.38. The van der Waals surface area contributed by atoms with Crippen molar-refractivity contribution in [3.63, 3.8) is 0 Å². The van der Waals surface area contributed by atoms with E-state index in [1.165, 1.54) is 16.7 Å². The van der Waals surface area contributed by atoms with Crippen molar-refractivity contribution in [2.45, 2.75) is 12.8 Å². The maximum Gasteiger partial charge on any atom is 0.119 e. The molecule has 0 fully saturated rings. The van der Waals surface area contributed by atoms with Gasteiger partial charge >= 0.3 is 0 Å². The minimum Gasteiger partial charge on any atom is -0.497 e. The Morgan fingerprint density at radius 1 is 1.35 bits per heavy atom. The second kappa shape index (κ2) is 4.09. The van der Waals surface area contributed by atoms with Crippen molar-refractivity contribution in [1.82, 2.24) is 9.97 Å². The van der Waals surface area contributed by atoms with Crippen LogP contribution in [0.3, 0.4) is 0 Å². The number of imidazole rings is 1. The summed E-state index contributed by atoms with van der Waals surface area (Å²) in [5.41, 5.74) is 4.94. The standard InChI is InChI=1S/C14H14N2O/c1-17-11-5-6-12-10(7-11)3-2-4-13(12)14-8-15-9-16-14/h4-9H,2-3H2,1H3,(H,15,16). The van der Waals surface area contributed by atoms with Gasteiger partial charge in [0, 0.05) is 5.57 Å². The summed E-state index contributed by atoms with van der Waals surface area (Å²) in [5, 5.41) is 0. The Morgan fingerprint density at radius 2 is 2.29 bits per heavy atom. The molecular weight excluding hydrogens is 212 g/mol. The number of allylic oxidation sites excluding steroid dienone is 1. The number of nitrogens with one attached hydrogen (secondary N) is 1. The number of ether oxygens (including phenoxy) is 1.